The number of hydrogen-bond acceptors (Lipinski definition) is 5. The molecule has 1 aromatic carbocycles. The van der Waals surface area contributed by atoms with Crippen molar-refractivity contribution in [2.45, 2.75) is 12.8 Å². The smallest absolute Gasteiger partial charge is 0.230 e. The molecule has 8 heteroatoms. The zero-order chi connectivity index (χ0) is 18.0. The van der Waals surface area contributed by atoms with Crippen molar-refractivity contribution in [2.75, 3.05) is 5.32 Å². The molecule has 0 saturated carbocycles. The molecule has 25 heavy (non-hydrogen) atoms. The van der Waals surface area contributed by atoms with Crippen molar-refractivity contribution in [1.82, 2.24) is 4.98 Å². The molecule has 0 radical (unpaired) electrons. The molecule has 0 unspecified atom stereocenters. The van der Waals surface area contributed by atoms with E-state index >= 15 is 0 Å². The minimum Gasteiger partial charge on any atom is -0.550 e. The largest absolute Gasteiger partial charge is 0.550 e. The van der Waals surface area contributed by atoms with Gasteiger partial charge in [0.25, 0.3) is 0 Å². The van der Waals surface area contributed by atoms with Gasteiger partial charge in [0, 0.05) is 22.8 Å². The Hall–Kier alpha value is -1.89. The lowest BCUT2D eigenvalue weighted by Gasteiger charge is -2.27. The molecule has 1 amide bonds. The summed E-state index contributed by atoms with van der Waals surface area (Å²) in [7, 11) is 0. The molecule has 1 heterocycles. The van der Waals surface area contributed by atoms with Gasteiger partial charge in [0.2, 0.25) is 5.91 Å². The minimum atomic E-state index is -1.21. The molecule has 0 saturated heterocycles. The number of carbonyl (C=O) groups is 2. The van der Waals surface area contributed by atoms with Crippen LogP contribution in [0.2, 0.25) is 10.0 Å². The molecule has 0 spiro atoms. The number of nitrogens with one attached hydrogen (secondary N) is 1. The minimum absolute atomic E-state index is 0.298. The van der Waals surface area contributed by atoms with Crippen LogP contribution in [0.25, 0.3) is 11.3 Å². The number of carbonyl (C=O) groups excluding carboxylic acids is 2. The first-order valence-corrected chi connectivity index (χ1v) is 9.17. The van der Waals surface area contributed by atoms with Gasteiger partial charge in [-0.15, -0.1) is 11.3 Å². The number of aliphatic carboxylic acids is 1. The number of nitrogens with zero attached hydrogens (tertiary/aromatic N) is 1. The number of carboxylic acid groups (broad SMARTS) is 1. The van der Waals surface area contributed by atoms with Crippen LogP contribution in [0.1, 0.15) is 12.8 Å². The Morgan fingerprint density at radius 2 is 1.88 bits per heavy atom. The fraction of sp³-hybridized carbons (Fsp3) is 0.235. The monoisotopic (exact) mass is 395 g/mol. The molecule has 130 valence electrons. The van der Waals surface area contributed by atoms with E-state index in [9.17, 15) is 14.7 Å². The van der Waals surface area contributed by atoms with Gasteiger partial charge >= 0.3 is 0 Å². The molecular formula is C17H13Cl2N2O3S-. The van der Waals surface area contributed by atoms with E-state index in [2.05, 4.69) is 10.3 Å². The third-order valence-electron chi connectivity index (χ3n) is 4.02. The fourth-order valence-corrected chi connectivity index (χ4v) is 3.70. The van der Waals surface area contributed by atoms with Crippen molar-refractivity contribution < 1.29 is 14.7 Å². The maximum absolute atomic E-state index is 12.4. The van der Waals surface area contributed by atoms with E-state index in [4.69, 9.17) is 23.2 Å². The van der Waals surface area contributed by atoms with Gasteiger partial charge in [0.05, 0.1) is 21.7 Å². The topological polar surface area (TPSA) is 82.1 Å². The Morgan fingerprint density at radius 3 is 2.56 bits per heavy atom. The number of thiazole rings is 1. The fourth-order valence-electron chi connectivity index (χ4n) is 2.68. The quantitative estimate of drug-likeness (QED) is 0.804. The summed E-state index contributed by atoms with van der Waals surface area (Å²) in [5.41, 5.74) is 1.43. The van der Waals surface area contributed by atoms with Crippen LogP contribution < -0.4 is 10.4 Å². The number of allylic oxidation sites excluding steroid dienone is 2. The van der Waals surface area contributed by atoms with E-state index in [1.807, 2.05) is 6.08 Å². The standard InChI is InChI=1S/C17H14Cl2N2O3S/c18-12-6-5-9(7-13(12)19)14-8-25-17(20-14)21-15(22)10-3-1-2-4-11(10)16(23)24/h1-2,5-8,10-11H,3-4H2,(H,23,24)(H,20,21,22)/p-1/t10-,11-/m0/s1. The van der Waals surface area contributed by atoms with Crippen molar-refractivity contribution in [1.29, 1.82) is 0 Å². The van der Waals surface area contributed by atoms with Gasteiger partial charge in [-0.1, -0.05) is 41.4 Å². The lowest BCUT2D eigenvalue weighted by molar-refractivity contribution is -0.313. The summed E-state index contributed by atoms with van der Waals surface area (Å²) >= 11 is 13.2. The molecule has 3 rings (SSSR count). The van der Waals surface area contributed by atoms with Crippen LogP contribution in [-0.4, -0.2) is 16.9 Å². The van der Waals surface area contributed by atoms with Crippen LogP contribution in [0.15, 0.2) is 35.7 Å². The number of amides is 1. The van der Waals surface area contributed by atoms with Crippen molar-refractivity contribution in [3.05, 3.63) is 45.8 Å². The maximum atomic E-state index is 12.4. The Balaban J connectivity index is 1.74. The van der Waals surface area contributed by atoms with Gasteiger partial charge in [0.15, 0.2) is 5.13 Å². The predicted molar refractivity (Wildman–Crippen MR) is 96.6 cm³/mol. The summed E-state index contributed by atoms with van der Waals surface area (Å²) in [5, 5.41) is 17.0. The van der Waals surface area contributed by atoms with E-state index in [1.54, 1.807) is 29.7 Å². The number of rotatable bonds is 4. The highest BCUT2D eigenvalue weighted by Gasteiger charge is 2.30. The Kier molecular flexibility index (Phi) is 5.42. The summed E-state index contributed by atoms with van der Waals surface area (Å²) in [4.78, 5) is 28.0. The second-order valence-electron chi connectivity index (χ2n) is 5.63. The van der Waals surface area contributed by atoms with E-state index in [0.29, 0.717) is 33.7 Å². The van der Waals surface area contributed by atoms with Crippen molar-refractivity contribution in [2.24, 2.45) is 11.8 Å². The van der Waals surface area contributed by atoms with Crippen molar-refractivity contribution in [3.8, 4) is 11.3 Å². The van der Waals surface area contributed by atoms with Crippen molar-refractivity contribution >= 4 is 51.5 Å². The summed E-state index contributed by atoms with van der Waals surface area (Å²) in [6, 6.07) is 5.16. The summed E-state index contributed by atoms with van der Waals surface area (Å²) in [6.45, 7) is 0. The number of carboxylic acids is 1. The molecule has 2 aromatic rings. The summed E-state index contributed by atoms with van der Waals surface area (Å²) in [5.74, 6) is -3.06. The highest BCUT2D eigenvalue weighted by atomic mass is 35.5. The summed E-state index contributed by atoms with van der Waals surface area (Å²) < 4.78 is 0. The first-order chi connectivity index (χ1) is 12.0. The molecular weight excluding hydrogens is 383 g/mol. The van der Waals surface area contributed by atoms with E-state index in [0.717, 1.165) is 5.56 Å². The Bertz CT molecular complexity index is 850. The van der Waals surface area contributed by atoms with Crippen LogP contribution in [0.3, 0.4) is 0 Å². The highest BCUT2D eigenvalue weighted by Crippen LogP contribution is 2.31. The lowest BCUT2D eigenvalue weighted by atomic mass is 9.82. The van der Waals surface area contributed by atoms with E-state index in [1.165, 1.54) is 11.3 Å². The van der Waals surface area contributed by atoms with E-state index in [-0.39, 0.29) is 5.91 Å². The Labute approximate surface area is 158 Å². The van der Waals surface area contributed by atoms with Crippen LogP contribution >= 0.6 is 34.5 Å². The second-order valence-corrected chi connectivity index (χ2v) is 7.30. The van der Waals surface area contributed by atoms with Crippen LogP contribution in [0, 0.1) is 11.8 Å². The van der Waals surface area contributed by atoms with Crippen LogP contribution in [0.4, 0.5) is 5.13 Å². The number of aromatic nitrogens is 1. The van der Waals surface area contributed by atoms with Gasteiger partial charge in [0.1, 0.15) is 0 Å². The highest BCUT2D eigenvalue weighted by molar-refractivity contribution is 7.14. The van der Waals surface area contributed by atoms with Gasteiger partial charge in [-0.2, -0.15) is 0 Å². The van der Waals surface area contributed by atoms with Gasteiger partial charge in [-0.05, 0) is 25.0 Å². The number of anilines is 1. The molecule has 2 atom stereocenters. The van der Waals surface area contributed by atoms with E-state index < -0.39 is 17.8 Å². The third-order valence-corrected chi connectivity index (χ3v) is 5.52. The van der Waals surface area contributed by atoms with Crippen LogP contribution in [0.5, 0.6) is 0 Å². The molecule has 5 nitrogen and oxygen atoms in total. The normalized spacial score (nSPS) is 19.6. The zero-order valence-electron chi connectivity index (χ0n) is 12.9. The molecule has 1 aromatic heterocycles. The first-order valence-electron chi connectivity index (χ1n) is 7.53. The maximum Gasteiger partial charge on any atom is 0.230 e. The van der Waals surface area contributed by atoms with Gasteiger partial charge in [-0.25, -0.2) is 4.98 Å². The second kappa shape index (κ2) is 7.56. The van der Waals surface area contributed by atoms with Crippen LogP contribution in [-0.2, 0) is 9.59 Å². The zero-order valence-corrected chi connectivity index (χ0v) is 15.2. The SMILES string of the molecule is O=C([O-])[C@H]1CC=CC[C@@H]1C(=O)Nc1nc(-c2ccc(Cl)c(Cl)c2)cs1. The third kappa shape index (κ3) is 4.03. The number of hydrogen-bond donors (Lipinski definition) is 1. The molecule has 1 aliphatic carbocycles. The average Bonchev–Trinajstić information content (AvgIpc) is 3.05. The average molecular weight is 396 g/mol. The predicted octanol–water partition coefficient (Wildman–Crippen LogP) is 3.39. The molecule has 0 bridgehead atoms. The van der Waals surface area contributed by atoms with Crippen molar-refractivity contribution in [3.63, 3.8) is 0 Å². The van der Waals surface area contributed by atoms with Gasteiger partial charge in [-0.3, -0.25) is 4.79 Å². The Morgan fingerprint density at radius 1 is 1.16 bits per heavy atom. The number of benzene rings is 1. The molecule has 0 aliphatic heterocycles. The number of halogens is 2. The summed E-state index contributed by atoms with van der Waals surface area (Å²) in [6.07, 6.45) is 4.24. The molecule has 1 N–H and O–H groups in total. The lowest BCUT2D eigenvalue weighted by Crippen LogP contribution is -2.41. The molecule has 0 fully saturated rings. The molecule has 1 aliphatic rings. The van der Waals surface area contributed by atoms with Gasteiger partial charge < -0.3 is 15.2 Å². The first kappa shape index (κ1) is 17.9.